The number of aromatic nitrogens is 2. The molecule has 0 radical (unpaired) electrons. The fourth-order valence-corrected chi connectivity index (χ4v) is 3.12. The second-order valence-electron chi connectivity index (χ2n) is 6.73. The van der Waals surface area contributed by atoms with Gasteiger partial charge in [0.2, 0.25) is 0 Å². The minimum Gasteiger partial charge on any atom is -0.497 e. The second kappa shape index (κ2) is 8.65. The molecule has 0 amide bonds. The monoisotopic (exact) mass is 376 g/mol. The van der Waals surface area contributed by atoms with Gasteiger partial charge in [0, 0.05) is 17.3 Å². The van der Waals surface area contributed by atoms with Crippen molar-refractivity contribution in [2.45, 2.75) is 33.1 Å². The van der Waals surface area contributed by atoms with Crippen LogP contribution in [-0.4, -0.2) is 28.2 Å². The molecule has 0 aliphatic rings. The average Bonchev–Trinajstić information content (AvgIpc) is 2.71. The molecule has 28 heavy (non-hydrogen) atoms. The van der Waals surface area contributed by atoms with Crippen LogP contribution in [0, 0.1) is 6.92 Å². The lowest BCUT2D eigenvalue weighted by molar-refractivity contribution is 0.0696. The van der Waals surface area contributed by atoms with Crippen molar-refractivity contribution in [2.24, 2.45) is 0 Å². The van der Waals surface area contributed by atoms with Crippen molar-refractivity contribution in [3.63, 3.8) is 0 Å². The zero-order valence-corrected chi connectivity index (χ0v) is 16.4. The van der Waals surface area contributed by atoms with Gasteiger partial charge in [0.15, 0.2) is 0 Å². The zero-order valence-electron chi connectivity index (χ0n) is 16.4. The number of methoxy groups -OCH3 is 1. The SMILES string of the molecule is CCCCc1cnc(-c2ccc(OC)cc2)c(-c2ccc(C(=O)O)c(C)c2)n1. The topological polar surface area (TPSA) is 72.3 Å². The normalized spacial score (nSPS) is 10.7. The number of benzene rings is 2. The number of hydrogen-bond donors (Lipinski definition) is 1. The minimum atomic E-state index is -0.929. The molecule has 1 aromatic heterocycles. The van der Waals surface area contributed by atoms with Gasteiger partial charge in [-0.15, -0.1) is 0 Å². The van der Waals surface area contributed by atoms with Crippen molar-refractivity contribution < 1.29 is 14.6 Å². The Balaban J connectivity index is 2.12. The number of carbonyl (C=O) groups is 1. The van der Waals surface area contributed by atoms with Crippen molar-refractivity contribution in [1.82, 2.24) is 9.97 Å². The van der Waals surface area contributed by atoms with Crippen molar-refractivity contribution in [1.29, 1.82) is 0 Å². The molecule has 0 bridgehead atoms. The molecule has 0 aliphatic carbocycles. The summed E-state index contributed by atoms with van der Waals surface area (Å²) in [4.78, 5) is 20.9. The van der Waals surface area contributed by atoms with E-state index in [4.69, 9.17) is 14.7 Å². The average molecular weight is 376 g/mol. The standard InChI is InChI=1S/C23H24N2O3/c1-4-5-6-18-14-24-21(16-7-10-19(28-3)11-8-16)22(25-18)17-9-12-20(23(26)27)15(2)13-17/h7-14H,4-6H2,1-3H3,(H,26,27). The van der Waals surface area contributed by atoms with Gasteiger partial charge in [-0.05, 0) is 61.7 Å². The van der Waals surface area contributed by atoms with Gasteiger partial charge in [0.05, 0.1) is 29.8 Å². The molecule has 1 heterocycles. The summed E-state index contributed by atoms with van der Waals surface area (Å²) in [6.07, 6.45) is 4.83. The minimum absolute atomic E-state index is 0.296. The van der Waals surface area contributed by atoms with Crippen LogP contribution in [0.15, 0.2) is 48.7 Å². The van der Waals surface area contributed by atoms with Gasteiger partial charge in [-0.1, -0.05) is 19.4 Å². The molecule has 5 nitrogen and oxygen atoms in total. The van der Waals surface area contributed by atoms with Gasteiger partial charge in [-0.2, -0.15) is 0 Å². The first-order valence-corrected chi connectivity index (χ1v) is 9.38. The number of carboxylic acids is 1. The number of carboxylic acid groups (broad SMARTS) is 1. The Morgan fingerprint density at radius 1 is 1.07 bits per heavy atom. The van der Waals surface area contributed by atoms with Crippen LogP contribution < -0.4 is 4.74 Å². The highest BCUT2D eigenvalue weighted by molar-refractivity contribution is 5.90. The first kappa shape index (κ1) is 19.5. The molecule has 1 N–H and O–H groups in total. The molecule has 0 unspecified atom stereocenters. The lowest BCUT2D eigenvalue weighted by Gasteiger charge is -2.12. The predicted molar refractivity (Wildman–Crippen MR) is 110 cm³/mol. The first-order chi connectivity index (χ1) is 13.5. The van der Waals surface area contributed by atoms with E-state index in [0.29, 0.717) is 11.1 Å². The van der Waals surface area contributed by atoms with E-state index in [1.165, 1.54) is 0 Å². The Bertz CT molecular complexity index is 982. The molecule has 3 aromatic rings. The Morgan fingerprint density at radius 3 is 2.39 bits per heavy atom. The molecule has 0 saturated carbocycles. The summed E-state index contributed by atoms with van der Waals surface area (Å²) in [7, 11) is 1.63. The zero-order chi connectivity index (χ0) is 20.1. The van der Waals surface area contributed by atoms with E-state index >= 15 is 0 Å². The maximum absolute atomic E-state index is 11.4. The number of nitrogens with zero attached hydrogens (tertiary/aromatic N) is 2. The maximum Gasteiger partial charge on any atom is 0.335 e. The van der Waals surface area contributed by atoms with Gasteiger partial charge in [-0.3, -0.25) is 4.98 Å². The van der Waals surface area contributed by atoms with Gasteiger partial charge >= 0.3 is 5.97 Å². The Kier molecular flexibility index (Phi) is 6.04. The van der Waals surface area contributed by atoms with E-state index in [0.717, 1.165) is 53.2 Å². The Hall–Kier alpha value is -3.21. The summed E-state index contributed by atoms with van der Waals surface area (Å²) in [6.45, 7) is 3.95. The van der Waals surface area contributed by atoms with E-state index in [-0.39, 0.29) is 0 Å². The van der Waals surface area contributed by atoms with Crippen LogP contribution in [0.2, 0.25) is 0 Å². The van der Waals surface area contributed by atoms with Gasteiger partial charge < -0.3 is 9.84 Å². The molecule has 2 aromatic carbocycles. The lowest BCUT2D eigenvalue weighted by Crippen LogP contribution is -2.02. The fraction of sp³-hybridized carbons (Fsp3) is 0.261. The van der Waals surface area contributed by atoms with Crippen molar-refractivity contribution in [3.05, 3.63) is 65.5 Å². The lowest BCUT2D eigenvalue weighted by atomic mass is 9.99. The molecule has 0 spiro atoms. The van der Waals surface area contributed by atoms with Crippen LogP contribution in [-0.2, 0) is 6.42 Å². The van der Waals surface area contributed by atoms with Crippen LogP contribution in [0.25, 0.3) is 22.5 Å². The van der Waals surface area contributed by atoms with Gasteiger partial charge in [0.25, 0.3) is 0 Å². The van der Waals surface area contributed by atoms with Crippen LogP contribution >= 0.6 is 0 Å². The number of aryl methyl sites for hydroxylation is 2. The smallest absolute Gasteiger partial charge is 0.335 e. The molecule has 0 atom stereocenters. The highest BCUT2D eigenvalue weighted by Crippen LogP contribution is 2.31. The Morgan fingerprint density at radius 2 is 1.79 bits per heavy atom. The quantitative estimate of drug-likeness (QED) is 0.616. The summed E-state index contributed by atoms with van der Waals surface area (Å²) < 4.78 is 5.24. The van der Waals surface area contributed by atoms with Crippen LogP contribution in [0.4, 0.5) is 0 Å². The van der Waals surface area contributed by atoms with E-state index in [9.17, 15) is 9.90 Å². The number of rotatable bonds is 7. The number of unbranched alkanes of at least 4 members (excludes halogenated alkanes) is 1. The summed E-state index contributed by atoms with van der Waals surface area (Å²) in [5, 5.41) is 9.31. The number of aromatic carboxylic acids is 1. The molecule has 0 fully saturated rings. The van der Waals surface area contributed by atoms with E-state index in [1.807, 2.05) is 36.5 Å². The van der Waals surface area contributed by atoms with Crippen LogP contribution in [0.1, 0.15) is 41.4 Å². The Labute approximate surface area is 165 Å². The van der Waals surface area contributed by atoms with Crippen molar-refractivity contribution >= 4 is 5.97 Å². The summed E-state index contributed by atoms with van der Waals surface area (Å²) in [6, 6.07) is 13.0. The first-order valence-electron chi connectivity index (χ1n) is 9.38. The summed E-state index contributed by atoms with van der Waals surface area (Å²) in [5.41, 5.74) is 5.26. The third-order valence-electron chi connectivity index (χ3n) is 4.70. The second-order valence-corrected chi connectivity index (χ2v) is 6.73. The summed E-state index contributed by atoms with van der Waals surface area (Å²) >= 11 is 0. The molecular formula is C23H24N2O3. The molecule has 0 aliphatic heterocycles. The van der Waals surface area contributed by atoms with Crippen molar-refractivity contribution in [3.8, 4) is 28.3 Å². The van der Waals surface area contributed by atoms with Gasteiger partial charge in [-0.25, -0.2) is 9.78 Å². The van der Waals surface area contributed by atoms with Gasteiger partial charge in [0.1, 0.15) is 5.75 Å². The molecule has 5 heteroatoms. The van der Waals surface area contributed by atoms with E-state index in [1.54, 1.807) is 26.2 Å². The number of hydrogen-bond acceptors (Lipinski definition) is 4. The van der Waals surface area contributed by atoms with Crippen molar-refractivity contribution in [2.75, 3.05) is 7.11 Å². The third-order valence-corrected chi connectivity index (χ3v) is 4.70. The molecule has 0 saturated heterocycles. The fourth-order valence-electron chi connectivity index (χ4n) is 3.12. The largest absolute Gasteiger partial charge is 0.497 e. The highest BCUT2D eigenvalue weighted by Gasteiger charge is 2.15. The molecule has 144 valence electrons. The third kappa shape index (κ3) is 4.19. The number of ether oxygens (including phenoxy) is 1. The van der Waals surface area contributed by atoms with Crippen LogP contribution in [0.3, 0.4) is 0 Å². The van der Waals surface area contributed by atoms with E-state index in [2.05, 4.69) is 6.92 Å². The van der Waals surface area contributed by atoms with E-state index < -0.39 is 5.97 Å². The summed E-state index contributed by atoms with van der Waals surface area (Å²) in [5.74, 6) is -0.151. The highest BCUT2D eigenvalue weighted by atomic mass is 16.5. The van der Waals surface area contributed by atoms with Crippen LogP contribution in [0.5, 0.6) is 5.75 Å². The molecular weight excluding hydrogens is 352 g/mol. The predicted octanol–water partition coefficient (Wildman–Crippen LogP) is 5.17. The molecule has 3 rings (SSSR count). The maximum atomic E-state index is 11.4.